The van der Waals surface area contributed by atoms with Crippen molar-refractivity contribution < 1.29 is 19.3 Å². The van der Waals surface area contributed by atoms with E-state index in [-0.39, 0.29) is 24.0 Å². The largest absolute Gasteiger partial charge is 0.497 e. The lowest BCUT2D eigenvalue weighted by Crippen LogP contribution is -2.39. The Morgan fingerprint density at radius 1 is 1.00 bits per heavy atom. The number of nitrogens with zero attached hydrogens (tertiary/aromatic N) is 1. The minimum absolute atomic E-state index is 0. The topological polar surface area (TPSA) is 84.3 Å². The summed E-state index contributed by atoms with van der Waals surface area (Å²) in [4.78, 5) is 4.58. The van der Waals surface area contributed by atoms with Gasteiger partial charge in [0.1, 0.15) is 5.75 Å². The van der Waals surface area contributed by atoms with Gasteiger partial charge in [0.15, 0.2) is 17.5 Å². The fraction of sp³-hybridized carbons (Fsp3) is 0.381. The summed E-state index contributed by atoms with van der Waals surface area (Å²) in [5.74, 6) is 2.69. The maximum atomic E-state index is 10.4. The lowest BCUT2D eigenvalue weighted by atomic mass is 10.1. The zero-order chi connectivity index (χ0) is 20.4. The molecular formula is C21H30IN3O4. The summed E-state index contributed by atoms with van der Waals surface area (Å²) in [6.45, 7) is 3.50. The van der Waals surface area contributed by atoms with Crippen molar-refractivity contribution in [1.29, 1.82) is 0 Å². The molecule has 0 heterocycles. The molecule has 2 aromatic rings. The number of aliphatic hydroxyl groups excluding tert-OH is 1. The summed E-state index contributed by atoms with van der Waals surface area (Å²) in [5, 5.41) is 16.8. The van der Waals surface area contributed by atoms with Crippen LogP contribution in [0.1, 0.15) is 24.2 Å². The first-order valence-electron chi connectivity index (χ1n) is 9.16. The van der Waals surface area contributed by atoms with Crippen molar-refractivity contribution in [3.63, 3.8) is 0 Å². The smallest absolute Gasteiger partial charge is 0.191 e. The predicted molar refractivity (Wildman–Crippen MR) is 126 cm³/mol. The van der Waals surface area contributed by atoms with E-state index in [4.69, 9.17) is 14.2 Å². The van der Waals surface area contributed by atoms with E-state index in [1.807, 2.05) is 49.4 Å². The lowest BCUT2D eigenvalue weighted by molar-refractivity contribution is 0.180. The molecule has 0 saturated carbocycles. The number of hydrogen-bond donors (Lipinski definition) is 3. The number of aliphatic hydroxyl groups is 1. The van der Waals surface area contributed by atoms with Gasteiger partial charge in [-0.15, -0.1) is 24.0 Å². The van der Waals surface area contributed by atoms with E-state index in [0.29, 0.717) is 42.8 Å². The summed E-state index contributed by atoms with van der Waals surface area (Å²) in [6, 6.07) is 13.1. The molecular weight excluding hydrogens is 485 g/mol. The number of rotatable bonds is 9. The van der Waals surface area contributed by atoms with Crippen LogP contribution in [-0.2, 0) is 6.54 Å². The number of methoxy groups -OCH3 is 3. The lowest BCUT2D eigenvalue weighted by Gasteiger charge is -2.16. The van der Waals surface area contributed by atoms with Gasteiger partial charge < -0.3 is 30.0 Å². The van der Waals surface area contributed by atoms with Crippen molar-refractivity contribution in [2.45, 2.75) is 19.6 Å². The minimum atomic E-state index is -0.681. The Balaban J connectivity index is 0.00000420. The summed E-state index contributed by atoms with van der Waals surface area (Å²) < 4.78 is 15.8. The predicted octanol–water partition coefficient (Wildman–Crippen LogP) is 3.12. The molecule has 160 valence electrons. The van der Waals surface area contributed by atoms with Gasteiger partial charge in [-0.1, -0.05) is 18.2 Å². The van der Waals surface area contributed by atoms with Crippen LogP contribution in [0.15, 0.2) is 47.5 Å². The van der Waals surface area contributed by atoms with E-state index in [0.717, 1.165) is 11.1 Å². The van der Waals surface area contributed by atoms with E-state index < -0.39 is 6.10 Å². The van der Waals surface area contributed by atoms with Crippen molar-refractivity contribution in [1.82, 2.24) is 10.6 Å². The van der Waals surface area contributed by atoms with Gasteiger partial charge in [-0.3, -0.25) is 0 Å². The number of halogens is 1. The molecule has 0 fully saturated rings. The van der Waals surface area contributed by atoms with Crippen LogP contribution in [0.2, 0.25) is 0 Å². The Labute approximate surface area is 189 Å². The third-order valence-corrected chi connectivity index (χ3v) is 4.15. The van der Waals surface area contributed by atoms with Crippen LogP contribution in [0.5, 0.6) is 17.2 Å². The SMILES string of the molecule is CCNC(=NCc1ccc(OC)c(OC)c1)NCC(O)c1cccc(OC)c1.I. The van der Waals surface area contributed by atoms with Crippen LogP contribution in [0, 0.1) is 0 Å². The Morgan fingerprint density at radius 2 is 1.76 bits per heavy atom. The maximum Gasteiger partial charge on any atom is 0.191 e. The van der Waals surface area contributed by atoms with Gasteiger partial charge in [0.05, 0.1) is 34.0 Å². The summed E-state index contributed by atoms with van der Waals surface area (Å²) >= 11 is 0. The molecule has 0 bridgehead atoms. The van der Waals surface area contributed by atoms with Gasteiger partial charge in [-0.25, -0.2) is 4.99 Å². The Morgan fingerprint density at radius 3 is 2.41 bits per heavy atom. The molecule has 2 aromatic carbocycles. The average Bonchev–Trinajstić information content (AvgIpc) is 2.75. The Kier molecular flexibility index (Phi) is 11.2. The van der Waals surface area contributed by atoms with Crippen molar-refractivity contribution >= 4 is 29.9 Å². The second-order valence-corrected chi connectivity index (χ2v) is 6.06. The van der Waals surface area contributed by atoms with Crippen LogP contribution < -0.4 is 24.8 Å². The van der Waals surface area contributed by atoms with E-state index >= 15 is 0 Å². The zero-order valence-electron chi connectivity index (χ0n) is 17.3. The standard InChI is InChI=1S/C21H29N3O4.HI/c1-5-22-21(23-13-15-9-10-19(27-3)20(11-15)28-4)24-14-18(25)16-7-6-8-17(12-16)26-2;/h6-12,18,25H,5,13-14H2,1-4H3,(H2,22,23,24);1H. The molecule has 1 unspecified atom stereocenters. The highest BCUT2D eigenvalue weighted by Crippen LogP contribution is 2.27. The number of guanidine groups is 1. The number of nitrogens with one attached hydrogen (secondary N) is 2. The molecule has 29 heavy (non-hydrogen) atoms. The van der Waals surface area contributed by atoms with Crippen LogP contribution in [0.4, 0.5) is 0 Å². The highest BCUT2D eigenvalue weighted by molar-refractivity contribution is 14.0. The van der Waals surface area contributed by atoms with E-state index in [2.05, 4.69) is 15.6 Å². The van der Waals surface area contributed by atoms with Crippen LogP contribution in [-0.4, -0.2) is 45.5 Å². The molecule has 0 aliphatic heterocycles. The second kappa shape index (κ2) is 13.1. The molecule has 0 amide bonds. The zero-order valence-corrected chi connectivity index (χ0v) is 19.6. The monoisotopic (exact) mass is 515 g/mol. The number of hydrogen-bond acceptors (Lipinski definition) is 5. The van der Waals surface area contributed by atoms with E-state index in [9.17, 15) is 5.11 Å². The first-order chi connectivity index (χ1) is 13.6. The molecule has 7 nitrogen and oxygen atoms in total. The number of ether oxygens (including phenoxy) is 3. The molecule has 0 aliphatic carbocycles. The molecule has 0 saturated heterocycles. The van der Waals surface area contributed by atoms with Gasteiger partial charge in [0.2, 0.25) is 0 Å². The Hall–Kier alpha value is -2.20. The highest BCUT2D eigenvalue weighted by atomic mass is 127. The van der Waals surface area contributed by atoms with Crippen LogP contribution >= 0.6 is 24.0 Å². The first-order valence-corrected chi connectivity index (χ1v) is 9.16. The fourth-order valence-corrected chi connectivity index (χ4v) is 2.65. The Bertz CT molecular complexity index is 786. The van der Waals surface area contributed by atoms with Gasteiger partial charge in [-0.2, -0.15) is 0 Å². The molecule has 0 aliphatic rings. The van der Waals surface area contributed by atoms with Crippen LogP contribution in [0.25, 0.3) is 0 Å². The van der Waals surface area contributed by atoms with Crippen LogP contribution in [0.3, 0.4) is 0 Å². The van der Waals surface area contributed by atoms with Gasteiger partial charge in [0, 0.05) is 13.1 Å². The first kappa shape index (κ1) is 24.8. The second-order valence-electron chi connectivity index (χ2n) is 6.06. The summed E-state index contributed by atoms with van der Waals surface area (Å²) in [6.07, 6.45) is -0.681. The van der Waals surface area contributed by atoms with Gasteiger partial charge >= 0.3 is 0 Å². The molecule has 0 aromatic heterocycles. The molecule has 2 rings (SSSR count). The number of aliphatic imine (C=N–C) groups is 1. The third-order valence-electron chi connectivity index (χ3n) is 4.15. The third kappa shape index (κ3) is 7.62. The molecule has 8 heteroatoms. The summed E-state index contributed by atoms with van der Waals surface area (Å²) in [5.41, 5.74) is 1.77. The fourth-order valence-electron chi connectivity index (χ4n) is 2.65. The molecule has 0 spiro atoms. The summed E-state index contributed by atoms with van der Waals surface area (Å²) in [7, 11) is 4.82. The van der Waals surface area contributed by atoms with E-state index in [1.165, 1.54) is 0 Å². The van der Waals surface area contributed by atoms with Crippen molar-refractivity contribution in [2.24, 2.45) is 4.99 Å². The van der Waals surface area contributed by atoms with Crippen molar-refractivity contribution in [2.75, 3.05) is 34.4 Å². The average molecular weight is 515 g/mol. The minimum Gasteiger partial charge on any atom is -0.497 e. The molecule has 1 atom stereocenters. The van der Waals surface area contributed by atoms with Gasteiger partial charge in [0.25, 0.3) is 0 Å². The van der Waals surface area contributed by atoms with Crippen molar-refractivity contribution in [3.05, 3.63) is 53.6 Å². The highest BCUT2D eigenvalue weighted by Gasteiger charge is 2.10. The quantitative estimate of drug-likeness (QED) is 0.271. The maximum absolute atomic E-state index is 10.4. The van der Waals surface area contributed by atoms with E-state index in [1.54, 1.807) is 21.3 Å². The molecule has 0 radical (unpaired) electrons. The van der Waals surface area contributed by atoms with Crippen molar-refractivity contribution in [3.8, 4) is 17.2 Å². The normalized spacial score (nSPS) is 11.8. The molecule has 3 N–H and O–H groups in total. The number of benzene rings is 2. The van der Waals surface area contributed by atoms with Gasteiger partial charge in [-0.05, 0) is 42.3 Å².